The highest BCUT2D eigenvalue weighted by molar-refractivity contribution is 7.90. The summed E-state index contributed by atoms with van der Waals surface area (Å²) in [5.74, 6) is 0.266. The fourth-order valence-electron chi connectivity index (χ4n) is 3.92. The third kappa shape index (κ3) is 2.82. The summed E-state index contributed by atoms with van der Waals surface area (Å²) < 4.78 is 47.5. The zero-order chi connectivity index (χ0) is 19.2. The van der Waals surface area contributed by atoms with Crippen LogP contribution in [0.2, 0.25) is 0 Å². The average Bonchev–Trinajstić information content (AvgIpc) is 3.13. The lowest BCUT2D eigenvalue weighted by atomic mass is 9.87. The summed E-state index contributed by atoms with van der Waals surface area (Å²) in [4.78, 5) is 0.259. The average molecular weight is 388 g/mol. The van der Waals surface area contributed by atoms with E-state index in [1.165, 1.54) is 24.4 Å². The highest BCUT2D eigenvalue weighted by Gasteiger charge is 2.29. The third-order valence-corrected chi connectivity index (χ3v) is 7.12. The molecule has 27 heavy (non-hydrogen) atoms. The number of aromatic nitrogens is 1. The Hall–Kier alpha value is -2.38. The number of nitrogens with one attached hydrogen (secondary N) is 1. The van der Waals surface area contributed by atoms with E-state index in [4.69, 9.17) is 4.74 Å². The molecule has 1 aliphatic rings. The molecule has 0 amide bonds. The van der Waals surface area contributed by atoms with Crippen molar-refractivity contribution < 1.29 is 17.5 Å². The second-order valence-electron chi connectivity index (χ2n) is 6.74. The topological polar surface area (TPSA) is 60.3 Å². The summed E-state index contributed by atoms with van der Waals surface area (Å²) >= 11 is 0. The van der Waals surface area contributed by atoms with Crippen molar-refractivity contribution >= 4 is 20.9 Å². The van der Waals surface area contributed by atoms with Crippen LogP contribution in [-0.4, -0.2) is 32.6 Å². The molecule has 142 valence electrons. The maximum absolute atomic E-state index is 14.0. The standard InChI is InChI=1S/C20H21FN2O3S/c1-22-13-6-7-14-16(12-13)19(26-2)8-9-20(14)27(24,25)23-11-10-15-17(21)4-3-5-18(15)23/h3-5,8-11,13,22H,6-7,12H2,1-2H3/t13-/m0/s1. The number of rotatable bonds is 4. The molecular weight excluding hydrogens is 367 g/mol. The molecule has 0 fully saturated rings. The number of likely N-dealkylation sites (N-methyl/N-ethyl adjacent to an activating group) is 1. The van der Waals surface area contributed by atoms with Crippen molar-refractivity contribution in [1.29, 1.82) is 0 Å². The van der Waals surface area contributed by atoms with Gasteiger partial charge in [0.05, 0.1) is 17.5 Å². The summed E-state index contributed by atoms with van der Waals surface area (Å²) in [6.45, 7) is 0. The fraction of sp³-hybridized carbons (Fsp3) is 0.300. The van der Waals surface area contributed by atoms with Crippen molar-refractivity contribution in [2.45, 2.75) is 30.2 Å². The van der Waals surface area contributed by atoms with Crippen LogP contribution in [0.4, 0.5) is 4.39 Å². The van der Waals surface area contributed by atoms with Crippen molar-refractivity contribution in [1.82, 2.24) is 9.29 Å². The smallest absolute Gasteiger partial charge is 0.268 e. The predicted octanol–water partition coefficient (Wildman–Crippen LogP) is 3.10. The normalized spacial score (nSPS) is 17.1. The van der Waals surface area contributed by atoms with Crippen LogP contribution >= 0.6 is 0 Å². The lowest BCUT2D eigenvalue weighted by Gasteiger charge is -2.27. The summed E-state index contributed by atoms with van der Waals surface area (Å²) in [7, 11) is -0.357. The minimum atomic E-state index is -3.86. The molecule has 0 bridgehead atoms. The Morgan fingerprint density at radius 3 is 2.74 bits per heavy atom. The van der Waals surface area contributed by atoms with Crippen LogP contribution in [0.15, 0.2) is 47.5 Å². The maximum Gasteiger partial charge on any atom is 0.268 e. The Labute approximate surface area is 157 Å². The van der Waals surface area contributed by atoms with E-state index in [0.717, 1.165) is 21.5 Å². The van der Waals surface area contributed by atoms with Gasteiger partial charge in [0.25, 0.3) is 10.0 Å². The molecule has 7 heteroatoms. The molecule has 0 unspecified atom stereocenters. The number of nitrogens with zero attached hydrogens (tertiary/aromatic N) is 1. The molecule has 1 aromatic heterocycles. The molecule has 5 nitrogen and oxygen atoms in total. The molecular formula is C20H21FN2O3S. The van der Waals surface area contributed by atoms with Gasteiger partial charge in [-0.25, -0.2) is 16.8 Å². The van der Waals surface area contributed by atoms with Crippen molar-refractivity contribution in [2.75, 3.05) is 14.2 Å². The van der Waals surface area contributed by atoms with Gasteiger partial charge >= 0.3 is 0 Å². The second kappa shape index (κ2) is 6.65. The van der Waals surface area contributed by atoms with E-state index < -0.39 is 15.8 Å². The third-order valence-electron chi connectivity index (χ3n) is 5.35. The van der Waals surface area contributed by atoms with Crippen molar-refractivity contribution in [2.24, 2.45) is 0 Å². The number of hydrogen-bond donors (Lipinski definition) is 1. The molecule has 1 heterocycles. The van der Waals surface area contributed by atoms with Crippen LogP contribution in [0.25, 0.3) is 10.9 Å². The first kappa shape index (κ1) is 18.0. The SMILES string of the molecule is CN[C@H]1CCc2c(S(=O)(=O)n3ccc4c(F)cccc43)ccc(OC)c2C1. The molecule has 0 spiro atoms. The van der Waals surface area contributed by atoms with Crippen LogP contribution in [0.5, 0.6) is 5.75 Å². The molecule has 0 saturated carbocycles. The van der Waals surface area contributed by atoms with Crippen LogP contribution < -0.4 is 10.1 Å². The van der Waals surface area contributed by atoms with Gasteiger partial charge in [0, 0.05) is 23.2 Å². The zero-order valence-corrected chi connectivity index (χ0v) is 16.0. The Bertz CT molecular complexity index is 1120. The quantitative estimate of drug-likeness (QED) is 0.746. The van der Waals surface area contributed by atoms with Crippen LogP contribution in [0.1, 0.15) is 17.5 Å². The van der Waals surface area contributed by atoms with E-state index in [0.29, 0.717) is 29.5 Å². The van der Waals surface area contributed by atoms with E-state index in [1.807, 2.05) is 7.05 Å². The molecule has 1 aliphatic carbocycles. The minimum Gasteiger partial charge on any atom is -0.496 e. The van der Waals surface area contributed by atoms with Crippen molar-refractivity contribution in [3.8, 4) is 5.75 Å². The molecule has 0 aliphatic heterocycles. The van der Waals surface area contributed by atoms with E-state index in [-0.39, 0.29) is 10.9 Å². The number of halogens is 1. The summed E-state index contributed by atoms with van der Waals surface area (Å²) in [5.41, 5.74) is 2.05. The Kier molecular flexibility index (Phi) is 4.44. The van der Waals surface area contributed by atoms with Gasteiger partial charge in [0.1, 0.15) is 11.6 Å². The number of methoxy groups -OCH3 is 1. The molecule has 2 aromatic carbocycles. The molecule has 3 aromatic rings. The number of fused-ring (bicyclic) bond motifs is 2. The van der Waals surface area contributed by atoms with E-state index >= 15 is 0 Å². The van der Waals surface area contributed by atoms with Gasteiger partial charge in [-0.1, -0.05) is 6.07 Å². The summed E-state index contributed by atoms with van der Waals surface area (Å²) in [5, 5.41) is 3.55. The summed E-state index contributed by atoms with van der Waals surface area (Å²) in [6, 6.07) is 9.54. The van der Waals surface area contributed by atoms with Gasteiger partial charge in [-0.05, 0) is 62.2 Å². The van der Waals surface area contributed by atoms with Gasteiger partial charge in [-0.3, -0.25) is 0 Å². The number of ether oxygens (including phenoxy) is 1. The zero-order valence-electron chi connectivity index (χ0n) is 15.2. The van der Waals surface area contributed by atoms with E-state index in [1.54, 1.807) is 25.3 Å². The molecule has 0 radical (unpaired) electrons. The van der Waals surface area contributed by atoms with Gasteiger partial charge < -0.3 is 10.1 Å². The highest BCUT2D eigenvalue weighted by atomic mass is 32.2. The minimum absolute atomic E-state index is 0.259. The first-order valence-corrected chi connectivity index (χ1v) is 10.3. The van der Waals surface area contributed by atoms with Crippen LogP contribution in [0, 0.1) is 5.82 Å². The van der Waals surface area contributed by atoms with Crippen LogP contribution in [-0.2, 0) is 22.9 Å². The lowest BCUT2D eigenvalue weighted by Crippen LogP contribution is -2.32. The highest BCUT2D eigenvalue weighted by Crippen LogP contribution is 2.36. The van der Waals surface area contributed by atoms with Crippen LogP contribution in [0.3, 0.4) is 0 Å². The Morgan fingerprint density at radius 2 is 2.00 bits per heavy atom. The Morgan fingerprint density at radius 1 is 1.19 bits per heavy atom. The van der Waals surface area contributed by atoms with Gasteiger partial charge in [-0.2, -0.15) is 0 Å². The van der Waals surface area contributed by atoms with Crippen molar-refractivity contribution in [3.63, 3.8) is 0 Å². The van der Waals surface area contributed by atoms with Gasteiger partial charge in [0.15, 0.2) is 0 Å². The van der Waals surface area contributed by atoms with Crippen molar-refractivity contribution in [3.05, 3.63) is 59.5 Å². The van der Waals surface area contributed by atoms with E-state index in [9.17, 15) is 12.8 Å². The predicted molar refractivity (Wildman–Crippen MR) is 102 cm³/mol. The van der Waals surface area contributed by atoms with Gasteiger partial charge in [-0.15, -0.1) is 0 Å². The maximum atomic E-state index is 14.0. The number of hydrogen-bond acceptors (Lipinski definition) is 4. The van der Waals surface area contributed by atoms with E-state index in [2.05, 4.69) is 5.32 Å². The summed E-state index contributed by atoms with van der Waals surface area (Å²) in [6.07, 6.45) is 3.61. The fourth-order valence-corrected chi connectivity index (χ4v) is 5.54. The molecule has 0 saturated heterocycles. The molecule has 1 N–H and O–H groups in total. The number of benzene rings is 2. The first-order valence-electron chi connectivity index (χ1n) is 8.84. The lowest BCUT2D eigenvalue weighted by molar-refractivity contribution is 0.397. The molecule has 1 atom stereocenters. The second-order valence-corrected chi connectivity index (χ2v) is 8.52. The Balaban J connectivity index is 1.91. The molecule has 4 rings (SSSR count). The monoisotopic (exact) mass is 388 g/mol. The van der Waals surface area contributed by atoms with Gasteiger partial charge in [0.2, 0.25) is 0 Å². The first-order chi connectivity index (χ1) is 13.0. The largest absolute Gasteiger partial charge is 0.496 e.